The number of nitro groups is 1. The van der Waals surface area contributed by atoms with Crippen molar-refractivity contribution in [2.45, 2.75) is 19.5 Å². The van der Waals surface area contributed by atoms with Crippen LogP contribution in [0, 0.1) is 13.7 Å². The van der Waals surface area contributed by atoms with Gasteiger partial charge in [0, 0.05) is 16.1 Å². The Labute approximate surface area is 119 Å². The first-order chi connectivity index (χ1) is 8.66. The van der Waals surface area contributed by atoms with Gasteiger partial charge in [-0.2, -0.15) is 13.2 Å². The number of esters is 1. The van der Waals surface area contributed by atoms with Gasteiger partial charge in [-0.15, -0.1) is 0 Å². The summed E-state index contributed by atoms with van der Waals surface area (Å²) in [4.78, 5) is 20.9. The number of benzene rings is 1. The zero-order chi connectivity index (χ0) is 14.8. The maximum absolute atomic E-state index is 12.8. The molecule has 1 rings (SSSR count). The topological polar surface area (TPSA) is 69.4 Å². The minimum atomic E-state index is -4.85. The molecule has 0 aliphatic heterocycles. The summed E-state index contributed by atoms with van der Waals surface area (Å²) in [7, 11) is 0. The van der Waals surface area contributed by atoms with Gasteiger partial charge in [-0.05, 0) is 28.7 Å². The first kappa shape index (κ1) is 15.7. The lowest BCUT2D eigenvalue weighted by Gasteiger charge is -2.13. The van der Waals surface area contributed by atoms with Gasteiger partial charge >= 0.3 is 17.8 Å². The Morgan fingerprint density at radius 3 is 2.47 bits per heavy atom. The van der Waals surface area contributed by atoms with E-state index in [-0.39, 0.29) is 9.99 Å². The average molecular weight is 389 g/mol. The van der Waals surface area contributed by atoms with Crippen LogP contribution < -0.4 is 4.74 Å². The summed E-state index contributed by atoms with van der Waals surface area (Å²) in [6.45, 7) is 1.37. The molecule has 104 valence electrons. The van der Waals surface area contributed by atoms with E-state index in [4.69, 9.17) is 0 Å². The highest BCUT2D eigenvalue weighted by Gasteiger charge is 2.39. The number of carbonyl (C=O) groups excluding carboxylic acids is 1. The third kappa shape index (κ3) is 3.78. The summed E-state index contributed by atoms with van der Waals surface area (Å²) in [6, 6.07) is 1.60. The Morgan fingerprint density at radius 1 is 1.47 bits per heavy atom. The highest BCUT2D eigenvalue weighted by molar-refractivity contribution is 14.1. The quantitative estimate of drug-likeness (QED) is 0.261. The van der Waals surface area contributed by atoms with E-state index in [2.05, 4.69) is 4.74 Å². The zero-order valence-corrected chi connectivity index (χ0v) is 11.6. The van der Waals surface area contributed by atoms with Crippen LogP contribution in [0.4, 0.5) is 18.9 Å². The normalized spacial score (nSPS) is 11.2. The van der Waals surface area contributed by atoms with E-state index < -0.39 is 34.1 Å². The van der Waals surface area contributed by atoms with Crippen LogP contribution in [-0.4, -0.2) is 10.9 Å². The third-order valence-corrected chi connectivity index (χ3v) is 2.66. The molecule has 0 amide bonds. The number of hydrogen-bond donors (Lipinski definition) is 0. The van der Waals surface area contributed by atoms with Crippen LogP contribution in [0.25, 0.3) is 0 Å². The van der Waals surface area contributed by atoms with Gasteiger partial charge in [-0.25, -0.2) is 0 Å². The van der Waals surface area contributed by atoms with Gasteiger partial charge in [-0.1, -0.05) is 6.92 Å². The molecule has 0 saturated carbocycles. The number of nitro benzene ring substituents is 1. The maximum Gasteiger partial charge on any atom is 0.420 e. The van der Waals surface area contributed by atoms with Crippen LogP contribution in [0.1, 0.15) is 18.9 Å². The number of halogens is 4. The fraction of sp³-hybridized carbons (Fsp3) is 0.300. The number of rotatable bonds is 3. The van der Waals surface area contributed by atoms with Gasteiger partial charge in [-0.3, -0.25) is 14.9 Å². The molecular formula is C10H7F3INO4. The first-order valence-corrected chi connectivity index (χ1v) is 6.00. The van der Waals surface area contributed by atoms with Crippen LogP contribution in [0.2, 0.25) is 0 Å². The fourth-order valence-electron chi connectivity index (χ4n) is 1.22. The SMILES string of the molecule is CCC(=O)Oc1c([N+](=O)[O-])cc(I)cc1C(F)(F)F. The molecule has 19 heavy (non-hydrogen) atoms. The van der Waals surface area contributed by atoms with Crippen LogP contribution in [0.3, 0.4) is 0 Å². The highest BCUT2D eigenvalue weighted by atomic mass is 127. The van der Waals surface area contributed by atoms with Crippen molar-refractivity contribution in [1.29, 1.82) is 0 Å². The van der Waals surface area contributed by atoms with Crippen LogP contribution in [-0.2, 0) is 11.0 Å². The van der Waals surface area contributed by atoms with E-state index in [0.717, 1.165) is 6.07 Å². The first-order valence-electron chi connectivity index (χ1n) is 4.92. The molecule has 5 nitrogen and oxygen atoms in total. The van der Waals surface area contributed by atoms with Crippen LogP contribution in [0.5, 0.6) is 5.75 Å². The Kier molecular flexibility index (Phi) is 4.71. The van der Waals surface area contributed by atoms with Gasteiger partial charge in [0.2, 0.25) is 5.75 Å². The van der Waals surface area contributed by atoms with Crippen LogP contribution in [0.15, 0.2) is 12.1 Å². The van der Waals surface area contributed by atoms with Gasteiger partial charge in [0.1, 0.15) is 5.56 Å². The maximum atomic E-state index is 12.8. The predicted octanol–water partition coefficient (Wildman–Crippen LogP) is 3.53. The van der Waals surface area contributed by atoms with Crippen molar-refractivity contribution in [2.24, 2.45) is 0 Å². The minimum absolute atomic E-state index is 0.0212. The number of hydrogen-bond acceptors (Lipinski definition) is 4. The molecule has 0 heterocycles. The van der Waals surface area contributed by atoms with Gasteiger partial charge in [0.25, 0.3) is 0 Å². The van der Waals surface area contributed by atoms with Crippen molar-refractivity contribution in [3.63, 3.8) is 0 Å². The molecule has 0 fully saturated rings. The number of carbonyl (C=O) groups is 1. The number of alkyl halides is 3. The predicted molar refractivity (Wildman–Crippen MR) is 66.7 cm³/mol. The second-order valence-electron chi connectivity index (χ2n) is 3.38. The molecule has 9 heteroatoms. The molecule has 0 radical (unpaired) electrons. The molecule has 0 N–H and O–H groups in total. The summed E-state index contributed by atoms with van der Waals surface area (Å²) in [5, 5.41) is 10.8. The van der Waals surface area contributed by atoms with Crippen molar-refractivity contribution in [3.05, 3.63) is 31.4 Å². The molecule has 0 bridgehead atoms. The summed E-state index contributed by atoms with van der Waals surface area (Å²) in [5.74, 6) is -2.04. The summed E-state index contributed by atoms with van der Waals surface area (Å²) in [5.41, 5.74) is -2.23. The Bertz CT molecular complexity index is 530. The lowest BCUT2D eigenvalue weighted by molar-refractivity contribution is -0.386. The Hall–Kier alpha value is -1.39. The Balaban J connectivity index is 3.52. The number of nitrogens with zero attached hydrogens (tertiary/aromatic N) is 1. The average Bonchev–Trinajstić information content (AvgIpc) is 2.28. The summed E-state index contributed by atoms with van der Waals surface area (Å²) < 4.78 is 42.9. The molecule has 0 aliphatic rings. The minimum Gasteiger partial charge on any atom is -0.418 e. The Morgan fingerprint density at radius 2 is 2.05 bits per heavy atom. The smallest absolute Gasteiger partial charge is 0.418 e. The van der Waals surface area contributed by atoms with E-state index in [9.17, 15) is 28.1 Å². The van der Waals surface area contributed by atoms with Crippen molar-refractivity contribution in [3.8, 4) is 5.75 Å². The van der Waals surface area contributed by atoms with E-state index >= 15 is 0 Å². The van der Waals surface area contributed by atoms with Gasteiger partial charge in [0.15, 0.2) is 0 Å². The molecule has 1 aromatic carbocycles. The van der Waals surface area contributed by atoms with Crippen molar-refractivity contribution < 1.29 is 27.6 Å². The molecule has 0 spiro atoms. The number of ether oxygens (including phenoxy) is 1. The second-order valence-corrected chi connectivity index (χ2v) is 4.63. The van der Waals surface area contributed by atoms with E-state index in [1.807, 2.05) is 0 Å². The summed E-state index contributed by atoms with van der Waals surface area (Å²) in [6.07, 6.45) is -5.05. The van der Waals surface area contributed by atoms with Crippen LogP contribution >= 0.6 is 22.6 Å². The van der Waals surface area contributed by atoms with E-state index in [1.165, 1.54) is 29.5 Å². The lowest BCUT2D eigenvalue weighted by Crippen LogP contribution is -2.14. The molecule has 0 saturated heterocycles. The molecule has 0 aliphatic carbocycles. The van der Waals surface area contributed by atoms with Crippen molar-refractivity contribution in [2.75, 3.05) is 0 Å². The molecule has 1 aromatic rings. The fourth-order valence-corrected chi connectivity index (χ4v) is 1.83. The van der Waals surface area contributed by atoms with Gasteiger partial charge in [0.05, 0.1) is 4.92 Å². The highest BCUT2D eigenvalue weighted by Crippen LogP contribution is 2.42. The lowest BCUT2D eigenvalue weighted by atomic mass is 10.1. The third-order valence-electron chi connectivity index (χ3n) is 2.04. The van der Waals surface area contributed by atoms with Crippen molar-refractivity contribution in [1.82, 2.24) is 0 Å². The largest absolute Gasteiger partial charge is 0.420 e. The summed E-state index contributed by atoms with van der Waals surface area (Å²) >= 11 is 1.52. The van der Waals surface area contributed by atoms with E-state index in [1.54, 1.807) is 0 Å². The molecule has 0 atom stereocenters. The van der Waals surface area contributed by atoms with Gasteiger partial charge < -0.3 is 4.74 Å². The second kappa shape index (κ2) is 5.72. The zero-order valence-electron chi connectivity index (χ0n) is 9.45. The van der Waals surface area contributed by atoms with Crippen molar-refractivity contribution >= 4 is 34.2 Å². The molecule has 0 unspecified atom stereocenters. The van der Waals surface area contributed by atoms with E-state index in [0.29, 0.717) is 6.07 Å². The molecule has 0 aromatic heterocycles. The standard InChI is InChI=1S/C10H7F3INO4/c1-2-8(16)19-9-6(10(11,12)13)3-5(14)4-7(9)15(17)18/h3-4H,2H2,1H3. The molecular weight excluding hydrogens is 382 g/mol. The monoisotopic (exact) mass is 389 g/mol.